The number of nitrogens with zero attached hydrogens (tertiary/aromatic N) is 3. The van der Waals surface area contributed by atoms with E-state index in [-0.39, 0.29) is 11.8 Å². The van der Waals surface area contributed by atoms with Gasteiger partial charge in [0.15, 0.2) is 0 Å². The van der Waals surface area contributed by atoms with Gasteiger partial charge in [-0.05, 0) is 18.1 Å². The molecular weight excluding hydrogens is 316 g/mol. The van der Waals surface area contributed by atoms with Crippen LogP contribution >= 0.6 is 0 Å². The fraction of sp³-hybridized carbons (Fsp3) is 0.533. The zero-order valence-electron chi connectivity index (χ0n) is 13.0. The number of benzene rings is 1. The van der Waals surface area contributed by atoms with E-state index >= 15 is 0 Å². The van der Waals surface area contributed by atoms with Crippen LogP contribution in [0, 0.1) is 5.92 Å². The molecule has 0 saturated carbocycles. The number of carbonyl (C=O) groups is 1. The highest BCUT2D eigenvalue weighted by Gasteiger charge is 2.33. The fourth-order valence-electron chi connectivity index (χ4n) is 3.29. The molecule has 3 rings (SSSR count). The standard InChI is InChI=1S/C15H22N4O3S/c16-23(21,22)18-8-6-17(7-9-18)11-13-10-15(20)19(12-13)14-4-2-1-3-5-14/h1-5,13H,6-12H2,(H2,16,21,22)/t13-/m1/s1. The topological polar surface area (TPSA) is 87.0 Å². The third kappa shape index (κ3) is 3.89. The summed E-state index contributed by atoms with van der Waals surface area (Å²) in [7, 11) is -3.59. The van der Waals surface area contributed by atoms with Crippen LogP contribution in [0.2, 0.25) is 0 Å². The Hall–Kier alpha value is -1.48. The maximum absolute atomic E-state index is 12.2. The summed E-state index contributed by atoms with van der Waals surface area (Å²) in [5, 5.41) is 5.15. The Labute approximate surface area is 136 Å². The second kappa shape index (κ2) is 6.56. The number of para-hydroxylation sites is 1. The van der Waals surface area contributed by atoms with E-state index in [1.807, 2.05) is 35.2 Å². The van der Waals surface area contributed by atoms with Gasteiger partial charge in [-0.3, -0.25) is 4.79 Å². The van der Waals surface area contributed by atoms with Gasteiger partial charge in [0.1, 0.15) is 0 Å². The smallest absolute Gasteiger partial charge is 0.276 e. The predicted molar refractivity (Wildman–Crippen MR) is 88.0 cm³/mol. The number of hydrogen-bond acceptors (Lipinski definition) is 4. The number of amides is 1. The van der Waals surface area contributed by atoms with Crippen molar-refractivity contribution in [2.45, 2.75) is 6.42 Å². The second-order valence-electron chi connectivity index (χ2n) is 6.15. The van der Waals surface area contributed by atoms with Crippen LogP contribution in [0.15, 0.2) is 30.3 Å². The minimum absolute atomic E-state index is 0.157. The molecule has 7 nitrogen and oxygen atoms in total. The van der Waals surface area contributed by atoms with Crippen LogP contribution in [-0.4, -0.2) is 62.8 Å². The maximum Gasteiger partial charge on any atom is 0.276 e. The van der Waals surface area contributed by atoms with Gasteiger partial charge in [-0.25, -0.2) is 5.14 Å². The zero-order chi connectivity index (χ0) is 16.4. The monoisotopic (exact) mass is 338 g/mol. The van der Waals surface area contributed by atoms with Crippen molar-refractivity contribution in [3.8, 4) is 0 Å². The summed E-state index contributed by atoms with van der Waals surface area (Å²) >= 11 is 0. The molecule has 0 spiro atoms. The summed E-state index contributed by atoms with van der Waals surface area (Å²) in [4.78, 5) is 16.3. The van der Waals surface area contributed by atoms with Gasteiger partial charge >= 0.3 is 0 Å². The molecule has 1 atom stereocenters. The average Bonchev–Trinajstić information content (AvgIpc) is 2.88. The molecule has 23 heavy (non-hydrogen) atoms. The Bertz CT molecular complexity index is 657. The minimum Gasteiger partial charge on any atom is -0.312 e. The van der Waals surface area contributed by atoms with Crippen molar-refractivity contribution in [3.63, 3.8) is 0 Å². The number of carbonyl (C=O) groups excluding carboxylic acids is 1. The molecule has 126 valence electrons. The van der Waals surface area contributed by atoms with Crippen molar-refractivity contribution >= 4 is 21.8 Å². The molecule has 0 aliphatic carbocycles. The van der Waals surface area contributed by atoms with E-state index < -0.39 is 10.2 Å². The lowest BCUT2D eigenvalue weighted by Gasteiger charge is -2.34. The Morgan fingerprint density at radius 3 is 2.35 bits per heavy atom. The lowest BCUT2D eigenvalue weighted by Crippen LogP contribution is -2.51. The quantitative estimate of drug-likeness (QED) is 0.828. The van der Waals surface area contributed by atoms with Crippen LogP contribution in [-0.2, 0) is 15.0 Å². The predicted octanol–water partition coefficient (Wildman–Crippen LogP) is -0.139. The van der Waals surface area contributed by atoms with Gasteiger partial charge in [-0.1, -0.05) is 18.2 Å². The van der Waals surface area contributed by atoms with E-state index in [9.17, 15) is 13.2 Å². The first-order chi connectivity index (χ1) is 10.9. The fourth-order valence-corrected chi connectivity index (χ4v) is 3.97. The number of piperazine rings is 1. The second-order valence-corrected chi connectivity index (χ2v) is 7.70. The van der Waals surface area contributed by atoms with Gasteiger partial charge in [-0.2, -0.15) is 12.7 Å². The van der Waals surface area contributed by atoms with Gasteiger partial charge in [0, 0.05) is 51.4 Å². The normalized spacial score (nSPS) is 24.3. The van der Waals surface area contributed by atoms with Crippen LogP contribution in [0.3, 0.4) is 0 Å². The van der Waals surface area contributed by atoms with E-state index in [1.165, 1.54) is 4.31 Å². The van der Waals surface area contributed by atoms with E-state index in [4.69, 9.17) is 5.14 Å². The molecule has 1 amide bonds. The van der Waals surface area contributed by atoms with Gasteiger partial charge in [0.05, 0.1) is 0 Å². The summed E-state index contributed by atoms with van der Waals surface area (Å²) < 4.78 is 23.9. The van der Waals surface area contributed by atoms with Gasteiger partial charge in [0.2, 0.25) is 5.91 Å². The Balaban J connectivity index is 1.54. The van der Waals surface area contributed by atoms with E-state index in [0.29, 0.717) is 32.6 Å². The highest BCUT2D eigenvalue weighted by atomic mass is 32.2. The molecule has 0 unspecified atom stereocenters. The summed E-state index contributed by atoms with van der Waals surface area (Å²) in [5.74, 6) is 0.438. The molecule has 0 radical (unpaired) electrons. The molecule has 2 fully saturated rings. The van der Waals surface area contributed by atoms with Crippen molar-refractivity contribution in [1.82, 2.24) is 9.21 Å². The van der Waals surface area contributed by atoms with Crippen molar-refractivity contribution < 1.29 is 13.2 Å². The molecule has 2 aliphatic rings. The Morgan fingerprint density at radius 1 is 1.09 bits per heavy atom. The summed E-state index contributed by atoms with van der Waals surface area (Å²) in [5.41, 5.74) is 0.944. The SMILES string of the molecule is NS(=O)(=O)N1CCN(C[C@H]2CC(=O)N(c3ccccc3)C2)CC1. The van der Waals surface area contributed by atoms with Gasteiger partial charge in [0.25, 0.3) is 10.2 Å². The summed E-state index contributed by atoms with van der Waals surface area (Å²) in [6.07, 6.45) is 0.546. The molecule has 2 N–H and O–H groups in total. The molecule has 0 bridgehead atoms. The molecule has 1 aromatic rings. The molecule has 2 saturated heterocycles. The van der Waals surface area contributed by atoms with Gasteiger partial charge in [-0.15, -0.1) is 0 Å². The highest BCUT2D eigenvalue weighted by molar-refractivity contribution is 7.86. The van der Waals surface area contributed by atoms with Crippen molar-refractivity contribution in [3.05, 3.63) is 30.3 Å². The average molecular weight is 338 g/mol. The third-order valence-electron chi connectivity index (χ3n) is 4.48. The van der Waals surface area contributed by atoms with Crippen LogP contribution in [0.1, 0.15) is 6.42 Å². The lowest BCUT2D eigenvalue weighted by atomic mass is 10.1. The van der Waals surface area contributed by atoms with Crippen molar-refractivity contribution in [1.29, 1.82) is 0 Å². The largest absolute Gasteiger partial charge is 0.312 e. The summed E-state index contributed by atoms with van der Waals surface area (Å²) in [6, 6.07) is 9.70. The van der Waals surface area contributed by atoms with Crippen molar-refractivity contribution in [2.24, 2.45) is 11.1 Å². The van der Waals surface area contributed by atoms with Crippen LogP contribution in [0.25, 0.3) is 0 Å². The lowest BCUT2D eigenvalue weighted by molar-refractivity contribution is -0.117. The molecule has 2 aliphatic heterocycles. The van der Waals surface area contributed by atoms with Gasteiger partial charge < -0.3 is 9.80 Å². The number of hydrogen-bond donors (Lipinski definition) is 1. The maximum atomic E-state index is 12.2. The molecular formula is C15H22N4O3S. The summed E-state index contributed by atoms with van der Waals surface area (Å²) in [6.45, 7) is 3.69. The number of rotatable bonds is 4. The molecule has 0 aromatic heterocycles. The first-order valence-electron chi connectivity index (χ1n) is 7.79. The van der Waals surface area contributed by atoms with Crippen LogP contribution in [0.5, 0.6) is 0 Å². The number of nitrogens with two attached hydrogens (primary N) is 1. The third-order valence-corrected chi connectivity index (χ3v) is 5.57. The first-order valence-corrected chi connectivity index (χ1v) is 9.29. The Morgan fingerprint density at radius 2 is 1.74 bits per heavy atom. The van der Waals surface area contributed by atoms with E-state index in [1.54, 1.807) is 0 Å². The first kappa shape index (κ1) is 16.4. The molecule has 8 heteroatoms. The molecule has 1 aromatic carbocycles. The Kier molecular flexibility index (Phi) is 4.67. The van der Waals surface area contributed by atoms with Crippen molar-refractivity contribution in [2.75, 3.05) is 44.2 Å². The van der Waals surface area contributed by atoms with Crippen LogP contribution < -0.4 is 10.0 Å². The molecule has 2 heterocycles. The number of anilines is 1. The highest BCUT2D eigenvalue weighted by Crippen LogP contribution is 2.25. The van der Waals surface area contributed by atoms with E-state index in [0.717, 1.165) is 18.8 Å². The zero-order valence-corrected chi connectivity index (χ0v) is 13.8. The van der Waals surface area contributed by atoms with Crippen LogP contribution in [0.4, 0.5) is 5.69 Å². The van der Waals surface area contributed by atoms with E-state index in [2.05, 4.69) is 4.90 Å². The minimum atomic E-state index is -3.59.